The summed E-state index contributed by atoms with van der Waals surface area (Å²) >= 11 is 6.09. The molecule has 0 aromatic heterocycles. The third-order valence-corrected chi connectivity index (χ3v) is 3.58. The van der Waals surface area contributed by atoms with Gasteiger partial charge in [-0.2, -0.15) is 0 Å². The lowest BCUT2D eigenvalue weighted by Crippen LogP contribution is -2.35. The van der Waals surface area contributed by atoms with Crippen molar-refractivity contribution < 1.29 is 23.8 Å². The van der Waals surface area contributed by atoms with Crippen molar-refractivity contribution in [1.82, 2.24) is 10.6 Å². The van der Waals surface area contributed by atoms with Crippen LogP contribution in [0.15, 0.2) is 23.8 Å². The minimum absolute atomic E-state index is 0.266. The fourth-order valence-electron chi connectivity index (χ4n) is 2.22. The molecule has 0 aliphatic heterocycles. The Morgan fingerprint density at radius 3 is 2.54 bits per heavy atom. The molecule has 1 amide bonds. The Kier molecular flexibility index (Phi) is 9.82. The molecule has 0 heterocycles. The van der Waals surface area contributed by atoms with Crippen LogP contribution in [-0.2, 0) is 14.3 Å². The van der Waals surface area contributed by atoms with Crippen molar-refractivity contribution in [2.75, 3.05) is 33.4 Å². The summed E-state index contributed by atoms with van der Waals surface area (Å²) in [5, 5.41) is 6.49. The summed E-state index contributed by atoms with van der Waals surface area (Å²) in [6, 6.07) is 5.31. The monoisotopic (exact) mass is 412 g/mol. The molecule has 0 saturated carbocycles. The molecule has 0 atom stereocenters. The van der Waals surface area contributed by atoms with Gasteiger partial charge in [-0.1, -0.05) is 11.6 Å². The largest absolute Gasteiger partial charge is 0.496 e. The van der Waals surface area contributed by atoms with Gasteiger partial charge in [-0.15, -0.1) is 0 Å². The molecule has 0 radical (unpaired) electrons. The molecule has 1 rings (SSSR count). The zero-order valence-corrected chi connectivity index (χ0v) is 17.8. The van der Waals surface area contributed by atoms with Gasteiger partial charge in [0.25, 0.3) is 0 Å². The Bertz CT molecular complexity index is 698. The lowest BCUT2D eigenvalue weighted by Gasteiger charge is -2.20. The fraction of sp³-hybridized carbons (Fsp3) is 0.500. The molecule has 1 aromatic carbocycles. The number of esters is 1. The van der Waals surface area contributed by atoms with Crippen LogP contribution in [0.4, 0.5) is 4.79 Å². The van der Waals surface area contributed by atoms with Crippen LogP contribution in [0, 0.1) is 0 Å². The average Bonchev–Trinajstić information content (AvgIpc) is 2.57. The molecule has 0 unspecified atom stereocenters. The van der Waals surface area contributed by atoms with E-state index in [0.29, 0.717) is 23.9 Å². The van der Waals surface area contributed by atoms with E-state index in [9.17, 15) is 9.59 Å². The van der Waals surface area contributed by atoms with Crippen LogP contribution in [0.2, 0.25) is 5.02 Å². The number of amides is 1. The third kappa shape index (κ3) is 10.2. The lowest BCUT2D eigenvalue weighted by atomic mass is 10.1. The van der Waals surface area contributed by atoms with Gasteiger partial charge < -0.3 is 24.8 Å². The summed E-state index contributed by atoms with van der Waals surface area (Å²) in [5.74, 6) is 0.340. The van der Waals surface area contributed by atoms with Crippen molar-refractivity contribution in [3.8, 4) is 5.75 Å². The SMILES string of the molecule is COc1ccc(Cl)cc1C=C(CNCCOC(C)=O)CNC(=O)OC(C)(C)C. The van der Waals surface area contributed by atoms with Crippen LogP contribution in [-0.4, -0.2) is 51.0 Å². The van der Waals surface area contributed by atoms with E-state index in [1.165, 1.54) is 6.92 Å². The summed E-state index contributed by atoms with van der Waals surface area (Å²) in [7, 11) is 1.58. The van der Waals surface area contributed by atoms with Gasteiger partial charge in [0.2, 0.25) is 0 Å². The Labute approximate surface area is 171 Å². The molecule has 0 spiro atoms. The molecule has 8 heteroatoms. The number of benzene rings is 1. The number of halogens is 1. The van der Waals surface area contributed by atoms with Crippen molar-refractivity contribution in [2.24, 2.45) is 0 Å². The van der Waals surface area contributed by atoms with E-state index >= 15 is 0 Å². The number of alkyl carbamates (subject to hydrolysis) is 1. The number of methoxy groups -OCH3 is 1. The third-order valence-electron chi connectivity index (χ3n) is 3.35. The van der Waals surface area contributed by atoms with E-state index in [1.807, 2.05) is 6.08 Å². The van der Waals surface area contributed by atoms with Crippen molar-refractivity contribution >= 4 is 29.7 Å². The van der Waals surface area contributed by atoms with Crippen LogP contribution in [0.5, 0.6) is 5.75 Å². The first-order valence-electron chi connectivity index (χ1n) is 8.94. The molecule has 0 saturated heterocycles. The highest BCUT2D eigenvalue weighted by molar-refractivity contribution is 6.30. The summed E-state index contributed by atoms with van der Waals surface area (Å²) in [5.41, 5.74) is 1.08. The molecular weight excluding hydrogens is 384 g/mol. The number of carbonyl (C=O) groups is 2. The summed E-state index contributed by atoms with van der Waals surface area (Å²) in [4.78, 5) is 22.8. The molecule has 7 nitrogen and oxygen atoms in total. The van der Waals surface area contributed by atoms with Gasteiger partial charge in [-0.3, -0.25) is 4.79 Å². The maximum absolute atomic E-state index is 12.0. The molecule has 0 aliphatic carbocycles. The minimum atomic E-state index is -0.577. The fourth-order valence-corrected chi connectivity index (χ4v) is 2.40. The first-order valence-corrected chi connectivity index (χ1v) is 9.32. The number of hydrogen-bond acceptors (Lipinski definition) is 6. The predicted octanol–water partition coefficient (Wildman–Crippen LogP) is 3.41. The minimum Gasteiger partial charge on any atom is -0.496 e. The second-order valence-electron chi connectivity index (χ2n) is 7.06. The van der Waals surface area contributed by atoms with Gasteiger partial charge in [0.05, 0.1) is 7.11 Å². The van der Waals surface area contributed by atoms with Crippen LogP contribution < -0.4 is 15.4 Å². The highest BCUT2D eigenvalue weighted by Crippen LogP contribution is 2.24. The van der Waals surface area contributed by atoms with Crippen LogP contribution >= 0.6 is 11.6 Å². The normalized spacial score (nSPS) is 11.7. The number of nitrogens with one attached hydrogen (secondary N) is 2. The van der Waals surface area contributed by atoms with Crippen molar-refractivity contribution in [2.45, 2.75) is 33.3 Å². The van der Waals surface area contributed by atoms with Gasteiger partial charge in [0.15, 0.2) is 0 Å². The topological polar surface area (TPSA) is 85.9 Å². The molecule has 0 fully saturated rings. The Balaban J connectivity index is 2.83. The summed E-state index contributed by atoms with van der Waals surface area (Å²) in [6.07, 6.45) is 1.39. The number of hydrogen-bond donors (Lipinski definition) is 2. The Hall–Kier alpha value is -2.25. The van der Waals surface area contributed by atoms with Crippen molar-refractivity contribution in [3.63, 3.8) is 0 Å². The van der Waals surface area contributed by atoms with Gasteiger partial charge in [-0.05, 0) is 50.6 Å². The standard InChI is InChI=1S/C20H29ClN2O5/c1-14(24)27-9-8-22-12-15(13-23-19(25)28-20(2,3)4)10-16-11-17(21)6-7-18(16)26-5/h6-7,10-11,22H,8-9,12-13H2,1-5H3,(H,23,25). The van der Waals surface area contributed by atoms with E-state index in [0.717, 1.165) is 11.1 Å². The second kappa shape index (κ2) is 11.6. The molecule has 2 N–H and O–H groups in total. The first-order chi connectivity index (χ1) is 13.1. The zero-order valence-electron chi connectivity index (χ0n) is 17.1. The quantitative estimate of drug-likeness (QED) is 0.477. The van der Waals surface area contributed by atoms with Crippen molar-refractivity contribution in [3.05, 3.63) is 34.4 Å². The van der Waals surface area contributed by atoms with Gasteiger partial charge in [0, 0.05) is 37.1 Å². The first kappa shape index (κ1) is 23.8. The zero-order chi connectivity index (χ0) is 21.2. The maximum atomic E-state index is 12.0. The van der Waals surface area contributed by atoms with Crippen molar-refractivity contribution in [1.29, 1.82) is 0 Å². The smallest absolute Gasteiger partial charge is 0.407 e. The van der Waals surface area contributed by atoms with E-state index in [-0.39, 0.29) is 19.1 Å². The molecule has 28 heavy (non-hydrogen) atoms. The number of ether oxygens (including phenoxy) is 3. The molecule has 1 aromatic rings. The molecule has 0 bridgehead atoms. The highest BCUT2D eigenvalue weighted by Gasteiger charge is 2.16. The van der Waals surface area contributed by atoms with Gasteiger partial charge >= 0.3 is 12.1 Å². The van der Waals surface area contributed by atoms with Gasteiger partial charge in [-0.25, -0.2) is 4.79 Å². The Morgan fingerprint density at radius 1 is 1.21 bits per heavy atom. The van der Waals surface area contributed by atoms with E-state index < -0.39 is 11.7 Å². The highest BCUT2D eigenvalue weighted by atomic mass is 35.5. The lowest BCUT2D eigenvalue weighted by molar-refractivity contribution is -0.140. The summed E-state index contributed by atoms with van der Waals surface area (Å²) in [6.45, 7) is 8.25. The van der Waals surface area contributed by atoms with Crippen LogP contribution in [0.3, 0.4) is 0 Å². The molecule has 0 aliphatic rings. The molecular formula is C20H29ClN2O5. The molecule has 156 valence electrons. The Morgan fingerprint density at radius 2 is 1.93 bits per heavy atom. The predicted molar refractivity (Wildman–Crippen MR) is 110 cm³/mol. The van der Waals surface area contributed by atoms with Crippen LogP contribution in [0.1, 0.15) is 33.3 Å². The van der Waals surface area contributed by atoms with Gasteiger partial charge in [0.1, 0.15) is 18.0 Å². The maximum Gasteiger partial charge on any atom is 0.407 e. The van der Waals surface area contributed by atoms with E-state index in [4.69, 9.17) is 25.8 Å². The van der Waals surface area contributed by atoms with E-state index in [1.54, 1.807) is 46.1 Å². The average molecular weight is 413 g/mol. The van der Waals surface area contributed by atoms with E-state index in [2.05, 4.69) is 10.6 Å². The number of carbonyl (C=O) groups excluding carboxylic acids is 2. The number of rotatable bonds is 9. The van der Waals surface area contributed by atoms with Crippen LogP contribution in [0.25, 0.3) is 6.08 Å². The second-order valence-corrected chi connectivity index (χ2v) is 7.50. The summed E-state index contributed by atoms with van der Waals surface area (Å²) < 4.78 is 15.5.